The van der Waals surface area contributed by atoms with Crippen LogP contribution in [0.15, 0.2) is 41.0 Å². The van der Waals surface area contributed by atoms with Crippen LogP contribution in [0.25, 0.3) is 0 Å². The number of aryl methyl sites for hydroxylation is 1. The van der Waals surface area contributed by atoms with Crippen molar-refractivity contribution in [2.45, 2.75) is 12.8 Å². The van der Waals surface area contributed by atoms with Gasteiger partial charge in [-0.1, -0.05) is 23.4 Å². The Kier molecular flexibility index (Phi) is 5.44. The second-order valence-electron chi connectivity index (χ2n) is 4.32. The molecule has 1 aromatic carbocycles. The van der Waals surface area contributed by atoms with E-state index in [4.69, 9.17) is 21.8 Å². The summed E-state index contributed by atoms with van der Waals surface area (Å²) in [5.41, 5.74) is 6.64. The highest BCUT2D eigenvalue weighted by Crippen LogP contribution is 2.20. The van der Waals surface area contributed by atoms with E-state index in [-0.39, 0.29) is 12.5 Å². The molecule has 0 aliphatic heterocycles. The minimum atomic E-state index is -0.107. The second kappa shape index (κ2) is 7.53. The van der Waals surface area contributed by atoms with Gasteiger partial charge in [-0.3, -0.25) is 4.79 Å². The van der Waals surface area contributed by atoms with Gasteiger partial charge in [-0.05, 0) is 30.3 Å². The fourth-order valence-corrected chi connectivity index (χ4v) is 1.95. The standard InChI is InChI=1S/C16H15ClN2O2/c17-13-5-7-15(12(11-13)3-1-9-18)19-16(20)8-6-14-4-2-10-21-14/h2,4-5,7,10-11H,6,8-9,18H2,(H,19,20). The molecule has 108 valence electrons. The summed E-state index contributed by atoms with van der Waals surface area (Å²) in [5.74, 6) is 6.32. The zero-order valence-corrected chi connectivity index (χ0v) is 12.1. The van der Waals surface area contributed by atoms with Crippen molar-refractivity contribution in [3.63, 3.8) is 0 Å². The molecule has 0 bridgehead atoms. The average Bonchev–Trinajstić information content (AvgIpc) is 2.98. The molecular weight excluding hydrogens is 288 g/mol. The lowest BCUT2D eigenvalue weighted by Gasteiger charge is -2.07. The van der Waals surface area contributed by atoms with E-state index in [1.54, 1.807) is 30.5 Å². The maximum atomic E-state index is 12.0. The van der Waals surface area contributed by atoms with Crippen LogP contribution < -0.4 is 11.1 Å². The third kappa shape index (κ3) is 4.67. The number of carbonyl (C=O) groups excluding carboxylic acids is 1. The highest BCUT2D eigenvalue weighted by Gasteiger charge is 2.07. The molecule has 1 amide bonds. The van der Waals surface area contributed by atoms with Gasteiger partial charge in [-0.15, -0.1) is 0 Å². The molecule has 0 saturated heterocycles. The van der Waals surface area contributed by atoms with E-state index in [2.05, 4.69) is 17.2 Å². The van der Waals surface area contributed by atoms with Crippen molar-refractivity contribution >= 4 is 23.2 Å². The number of hydrogen-bond donors (Lipinski definition) is 2. The molecule has 0 atom stereocenters. The molecule has 0 spiro atoms. The molecule has 0 saturated carbocycles. The molecule has 1 heterocycles. The quantitative estimate of drug-likeness (QED) is 0.853. The van der Waals surface area contributed by atoms with E-state index in [1.165, 1.54) is 0 Å². The topological polar surface area (TPSA) is 68.3 Å². The maximum Gasteiger partial charge on any atom is 0.224 e. The average molecular weight is 303 g/mol. The van der Waals surface area contributed by atoms with E-state index in [0.717, 1.165) is 5.76 Å². The van der Waals surface area contributed by atoms with Crippen LogP contribution in [0.1, 0.15) is 17.7 Å². The van der Waals surface area contributed by atoms with Crippen LogP contribution in [0, 0.1) is 11.8 Å². The van der Waals surface area contributed by atoms with E-state index in [9.17, 15) is 4.79 Å². The molecule has 3 N–H and O–H groups in total. The molecule has 5 heteroatoms. The molecule has 0 aliphatic carbocycles. The number of benzene rings is 1. The number of nitrogens with two attached hydrogens (primary N) is 1. The Morgan fingerprint density at radius 2 is 2.24 bits per heavy atom. The summed E-state index contributed by atoms with van der Waals surface area (Å²) in [4.78, 5) is 12.0. The number of nitrogens with one attached hydrogen (secondary N) is 1. The SMILES string of the molecule is NCC#Cc1cc(Cl)ccc1NC(=O)CCc1ccco1. The van der Waals surface area contributed by atoms with Gasteiger partial charge >= 0.3 is 0 Å². The summed E-state index contributed by atoms with van der Waals surface area (Å²) in [6.45, 7) is 0.248. The molecule has 0 aliphatic rings. The molecule has 2 rings (SSSR count). The van der Waals surface area contributed by atoms with E-state index in [0.29, 0.717) is 29.1 Å². The Balaban J connectivity index is 2.02. The fraction of sp³-hybridized carbons (Fsp3) is 0.188. The van der Waals surface area contributed by atoms with Crippen LogP contribution >= 0.6 is 11.6 Å². The lowest BCUT2D eigenvalue weighted by Crippen LogP contribution is -2.13. The maximum absolute atomic E-state index is 12.0. The van der Waals surface area contributed by atoms with E-state index < -0.39 is 0 Å². The van der Waals surface area contributed by atoms with E-state index in [1.807, 2.05) is 6.07 Å². The van der Waals surface area contributed by atoms with Gasteiger partial charge in [-0.2, -0.15) is 0 Å². The van der Waals surface area contributed by atoms with E-state index >= 15 is 0 Å². The third-order valence-corrected chi connectivity index (χ3v) is 2.99. The second-order valence-corrected chi connectivity index (χ2v) is 4.76. The van der Waals surface area contributed by atoms with Crippen molar-refractivity contribution in [2.24, 2.45) is 5.73 Å². The van der Waals surface area contributed by atoms with Gasteiger partial charge in [0.2, 0.25) is 5.91 Å². The number of amides is 1. The fourth-order valence-electron chi connectivity index (χ4n) is 1.78. The van der Waals surface area contributed by atoms with Crippen molar-refractivity contribution in [3.8, 4) is 11.8 Å². The lowest BCUT2D eigenvalue weighted by atomic mass is 10.1. The summed E-state index contributed by atoms with van der Waals surface area (Å²) >= 11 is 5.94. The Morgan fingerprint density at radius 3 is 2.95 bits per heavy atom. The van der Waals surface area contributed by atoms with Crippen LogP contribution in [-0.2, 0) is 11.2 Å². The lowest BCUT2D eigenvalue weighted by molar-refractivity contribution is -0.116. The Bertz CT molecular complexity index is 669. The third-order valence-electron chi connectivity index (χ3n) is 2.76. The molecule has 2 aromatic rings. The van der Waals surface area contributed by atoms with Gasteiger partial charge in [0.1, 0.15) is 5.76 Å². The molecular formula is C16H15ClN2O2. The molecule has 1 aromatic heterocycles. The predicted octanol–water partition coefficient (Wildman–Crippen LogP) is 2.81. The van der Waals surface area contributed by atoms with Crippen molar-refractivity contribution in [1.82, 2.24) is 0 Å². The number of carbonyl (C=O) groups is 1. The molecule has 0 unspecified atom stereocenters. The number of rotatable bonds is 4. The highest BCUT2D eigenvalue weighted by molar-refractivity contribution is 6.30. The number of anilines is 1. The number of hydrogen-bond acceptors (Lipinski definition) is 3. The van der Waals surface area contributed by atoms with Gasteiger partial charge < -0.3 is 15.5 Å². The number of halogens is 1. The van der Waals surface area contributed by atoms with Crippen molar-refractivity contribution in [1.29, 1.82) is 0 Å². The smallest absolute Gasteiger partial charge is 0.224 e. The first-order chi connectivity index (χ1) is 10.2. The van der Waals surface area contributed by atoms with Gasteiger partial charge in [0, 0.05) is 23.4 Å². The zero-order chi connectivity index (χ0) is 15.1. The predicted molar refractivity (Wildman–Crippen MR) is 83.0 cm³/mol. The summed E-state index contributed by atoms with van der Waals surface area (Å²) < 4.78 is 5.19. The summed E-state index contributed by atoms with van der Waals surface area (Å²) in [5, 5.41) is 3.39. The number of furan rings is 1. The summed E-state index contributed by atoms with van der Waals surface area (Å²) in [6.07, 6.45) is 2.48. The normalized spacial score (nSPS) is 9.81. The van der Waals surface area contributed by atoms with Gasteiger partial charge in [0.15, 0.2) is 0 Å². The van der Waals surface area contributed by atoms with Crippen LogP contribution in [0.5, 0.6) is 0 Å². The van der Waals surface area contributed by atoms with Crippen LogP contribution in [0.2, 0.25) is 5.02 Å². The monoisotopic (exact) mass is 302 g/mol. The minimum Gasteiger partial charge on any atom is -0.469 e. The largest absolute Gasteiger partial charge is 0.469 e. The van der Waals surface area contributed by atoms with Crippen molar-refractivity contribution in [2.75, 3.05) is 11.9 Å². The van der Waals surface area contributed by atoms with Crippen LogP contribution in [0.4, 0.5) is 5.69 Å². The first-order valence-electron chi connectivity index (χ1n) is 6.50. The minimum absolute atomic E-state index is 0.107. The highest BCUT2D eigenvalue weighted by atomic mass is 35.5. The molecule has 21 heavy (non-hydrogen) atoms. The van der Waals surface area contributed by atoms with Crippen molar-refractivity contribution < 1.29 is 9.21 Å². The first-order valence-corrected chi connectivity index (χ1v) is 6.87. The van der Waals surface area contributed by atoms with Gasteiger partial charge in [-0.25, -0.2) is 0 Å². The van der Waals surface area contributed by atoms with Crippen LogP contribution in [0.3, 0.4) is 0 Å². The zero-order valence-electron chi connectivity index (χ0n) is 11.4. The van der Waals surface area contributed by atoms with Crippen molar-refractivity contribution in [3.05, 3.63) is 52.9 Å². The molecule has 0 radical (unpaired) electrons. The van der Waals surface area contributed by atoms with Gasteiger partial charge in [0.05, 0.1) is 18.5 Å². The Labute approximate surface area is 128 Å². The molecule has 4 nitrogen and oxygen atoms in total. The Hall–Kier alpha value is -2.22. The first kappa shape index (κ1) is 15.2. The summed E-state index contributed by atoms with van der Waals surface area (Å²) in [7, 11) is 0. The van der Waals surface area contributed by atoms with Gasteiger partial charge in [0.25, 0.3) is 0 Å². The molecule has 0 fully saturated rings. The summed E-state index contributed by atoms with van der Waals surface area (Å²) in [6, 6.07) is 8.78. The Morgan fingerprint density at radius 1 is 1.38 bits per heavy atom. The van der Waals surface area contributed by atoms with Crippen LogP contribution in [-0.4, -0.2) is 12.5 Å².